The average molecular weight is 685 g/mol. The zero-order valence-electron chi connectivity index (χ0n) is 23.7. The fraction of sp³-hybridized carbons (Fsp3) is 0.259. The molecule has 2 unspecified atom stereocenters. The maximum atomic E-state index is 13.4. The van der Waals surface area contributed by atoms with Gasteiger partial charge in [-0.15, -0.1) is 11.3 Å². The number of hydrogen-bond donors (Lipinski definition) is 4. The molecule has 19 heteroatoms. The van der Waals surface area contributed by atoms with Gasteiger partial charge in [-0.25, -0.2) is 18.9 Å². The van der Waals surface area contributed by atoms with E-state index in [4.69, 9.17) is 21.0 Å². The number of aromatic nitrogens is 1. The van der Waals surface area contributed by atoms with Crippen LogP contribution in [0.1, 0.15) is 36.8 Å². The van der Waals surface area contributed by atoms with Crippen LogP contribution in [0, 0.1) is 0 Å². The molecule has 0 bridgehead atoms. The molecule has 1 aliphatic heterocycles. The van der Waals surface area contributed by atoms with Gasteiger partial charge < -0.3 is 31.1 Å². The van der Waals surface area contributed by atoms with E-state index in [1.54, 1.807) is 48.5 Å². The first-order valence-corrected chi connectivity index (χ1v) is 15.3. The summed E-state index contributed by atoms with van der Waals surface area (Å²) in [4.78, 5) is 59.9. The van der Waals surface area contributed by atoms with Crippen molar-refractivity contribution in [3.63, 3.8) is 0 Å². The zero-order valence-corrected chi connectivity index (χ0v) is 25.4. The number of carbonyl (C=O) groups is 4. The van der Waals surface area contributed by atoms with Crippen LogP contribution in [-0.4, -0.2) is 106 Å². The number of ether oxygens (including phenoxy) is 2. The summed E-state index contributed by atoms with van der Waals surface area (Å²) < 4.78 is 43.2. The number of primary amides is 1. The molecule has 16 nitrogen and oxygen atoms in total. The van der Waals surface area contributed by atoms with Crippen molar-refractivity contribution in [3.8, 4) is 0 Å². The number of nitrogen functional groups attached to an aromatic ring is 1. The van der Waals surface area contributed by atoms with Gasteiger partial charge in [0.1, 0.15) is 24.4 Å². The molecule has 0 aliphatic carbocycles. The molecule has 6 N–H and O–H groups in total. The molecule has 3 amide bonds. The van der Waals surface area contributed by atoms with Gasteiger partial charge in [-0.2, -0.15) is 8.42 Å². The fourth-order valence-corrected chi connectivity index (χ4v) is 5.55. The quantitative estimate of drug-likeness (QED) is 0.0509. The number of esters is 1. The van der Waals surface area contributed by atoms with Gasteiger partial charge in [-0.3, -0.25) is 14.1 Å². The van der Waals surface area contributed by atoms with Crippen LogP contribution in [0.4, 0.5) is 9.93 Å². The van der Waals surface area contributed by atoms with Crippen LogP contribution in [0.25, 0.3) is 0 Å². The van der Waals surface area contributed by atoms with Gasteiger partial charge in [-0.05, 0) is 25.0 Å². The van der Waals surface area contributed by atoms with E-state index in [-0.39, 0.29) is 44.7 Å². The number of carbonyl (C=O) groups excluding carboxylic acids is 4. The van der Waals surface area contributed by atoms with Crippen molar-refractivity contribution >= 4 is 85.9 Å². The van der Waals surface area contributed by atoms with Gasteiger partial charge in [-0.1, -0.05) is 65.8 Å². The van der Waals surface area contributed by atoms with Crippen molar-refractivity contribution in [2.24, 2.45) is 10.9 Å². The molecule has 240 valence electrons. The van der Waals surface area contributed by atoms with Crippen molar-refractivity contribution in [1.82, 2.24) is 14.6 Å². The summed E-state index contributed by atoms with van der Waals surface area (Å²) in [6.45, 7) is 1.93. The molecule has 2 aromatic carbocycles. The normalized spacial score (nSPS) is 16.6. The number of oxime groups is 1. The Balaban J connectivity index is 0.00000576. The molecule has 4 rings (SSSR count). The van der Waals surface area contributed by atoms with Gasteiger partial charge in [0.05, 0.1) is 0 Å². The summed E-state index contributed by atoms with van der Waals surface area (Å²) in [7, 11) is -5.07. The number of rotatable bonds is 12. The number of nitrogens with two attached hydrogens (primary N) is 2. The van der Waals surface area contributed by atoms with Crippen LogP contribution in [0.3, 0.4) is 0 Å². The van der Waals surface area contributed by atoms with Crippen LogP contribution in [0.2, 0.25) is 0 Å². The molecule has 0 radical (unpaired) electrons. The predicted octanol–water partition coefficient (Wildman–Crippen LogP) is 0.503. The van der Waals surface area contributed by atoms with E-state index in [0.717, 1.165) is 11.3 Å². The van der Waals surface area contributed by atoms with E-state index in [9.17, 15) is 32.1 Å². The second-order valence-corrected chi connectivity index (χ2v) is 12.2. The summed E-state index contributed by atoms with van der Waals surface area (Å²) in [6.07, 6.45) is -2.10. The van der Waals surface area contributed by atoms with E-state index < -0.39 is 70.3 Å². The first kappa shape index (κ1) is 36.4. The number of nitrogens with zero attached hydrogens (tertiary/aromatic N) is 3. The Morgan fingerprint density at radius 2 is 1.67 bits per heavy atom. The molecular weight excluding hydrogens is 655 g/mol. The minimum atomic E-state index is -5.07. The number of benzene rings is 2. The molecule has 1 aromatic heterocycles. The molecule has 46 heavy (non-hydrogen) atoms. The van der Waals surface area contributed by atoms with Crippen molar-refractivity contribution in [1.29, 1.82) is 0 Å². The third kappa shape index (κ3) is 8.59. The molecule has 0 saturated carbocycles. The van der Waals surface area contributed by atoms with Gasteiger partial charge in [0, 0.05) is 5.38 Å². The predicted molar refractivity (Wildman–Crippen MR) is 166 cm³/mol. The van der Waals surface area contributed by atoms with E-state index in [0.29, 0.717) is 11.1 Å². The van der Waals surface area contributed by atoms with E-state index in [1.807, 2.05) is 12.1 Å². The van der Waals surface area contributed by atoms with Crippen LogP contribution in [0.15, 0.2) is 71.2 Å². The van der Waals surface area contributed by atoms with Crippen LogP contribution < -0.4 is 16.8 Å². The number of thiazole rings is 1. The van der Waals surface area contributed by atoms with Crippen LogP contribution in [0.5, 0.6) is 0 Å². The van der Waals surface area contributed by atoms with Crippen molar-refractivity contribution in [2.75, 3.05) is 12.3 Å². The van der Waals surface area contributed by atoms with Gasteiger partial charge in [0.25, 0.3) is 11.8 Å². The van der Waals surface area contributed by atoms with Crippen molar-refractivity contribution in [2.45, 2.75) is 37.6 Å². The van der Waals surface area contributed by atoms with Gasteiger partial charge in [0.15, 0.2) is 16.9 Å². The molecule has 2 heterocycles. The van der Waals surface area contributed by atoms with Crippen molar-refractivity contribution in [3.05, 3.63) is 82.9 Å². The Bertz CT molecular complexity index is 1680. The summed E-state index contributed by atoms with van der Waals surface area (Å²) in [5.41, 5.74) is 9.60. The standard InChI is InChI=1S/C27H28N6O10S2.Na.H/c1-27(2,24(36)42-21(15-9-5-3-6-10-15)16-11-7-4-8-12-16)43-32-19(17-14-44-25(28)30-17)22(34)31-20-18(13-41-26(29)37)33(23(20)35)45(38,39)40;;/h3-12,14,18,20-21H,13H2,1-2H3,(H2,28,30)(H2,29,37)(H,31,34)(H,38,39,40);;/b32-19-;;. The van der Waals surface area contributed by atoms with Crippen LogP contribution >= 0.6 is 11.3 Å². The maximum absolute atomic E-state index is 13.4. The third-order valence-electron chi connectivity index (χ3n) is 6.37. The Labute approximate surface area is 289 Å². The Morgan fingerprint density at radius 1 is 1.11 bits per heavy atom. The number of hydrogen-bond acceptors (Lipinski definition) is 13. The molecule has 1 saturated heterocycles. The second kappa shape index (κ2) is 15.0. The second-order valence-electron chi connectivity index (χ2n) is 9.98. The Morgan fingerprint density at radius 3 is 2.15 bits per heavy atom. The summed E-state index contributed by atoms with van der Waals surface area (Å²) >= 11 is 0.948. The molecule has 2 atom stereocenters. The minimum absolute atomic E-state index is 0. The Kier molecular flexibility index (Phi) is 11.9. The third-order valence-corrected chi connectivity index (χ3v) is 7.99. The topological polar surface area (TPSA) is 243 Å². The molecular formula is C27H29N6NaO10S2. The van der Waals surface area contributed by atoms with Gasteiger partial charge >= 0.3 is 51.9 Å². The first-order valence-electron chi connectivity index (χ1n) is 13.0. The number of nitrogens with one attached hydrogen (secondary N) is 1. The zero-order chi connectivity index (χ0) is 32.9. The van der Waals surface area contributed by atoms with Crippen molar-refractivity contribution < 1.29 is 46.5 Å². The van der Waals surface area contributed by atoms with E-state index in [2.05, 4.69) is 20.2 Å². The van der Waals surface area contributed by atoms with Gasteiger partial charge in [0.2, 0.25) is 5.60 Å². The average Bonchev–Trinajstić information content (AvgIpc) is 3.42. The van der Waals surface area contributed by atoms with E-state index >= 15 is 0 Å². The summed E-state index contributed by atoms with van der Waals surface area (Å²) in [5.74, 6) is -3.18. The van der Waals surface area contributed by atoms with E-state index in [1.165, 1.54) is 19.2 Å². The number of amides is 3. The summed E-state index contributed by atoms with van der Waals surface area (Å²) in [5, 5.41) is 7.50. The first-order chi connectivity index (χ1) is 21.2. The van der Waals surface area contributed by atoms with Crippen LogP contribution in [-0.2, 0) is 39.0 Å². The summed E-state index contributed by atoms with van der Waals surface area (Å²) in [6, 6.07) is 14.8. The number of anilines is 1. The number of β-lactam (4-membered cyclic amide) rings is 1. The SMILES string of the molecule is CC(C)(O/N=C(\C(=O)NC1C(=O)N(S(=O)(=O)O)C1COC(N)=O)c1csc(N)n1)C(=O)OC(c1ccccc1)c1ccccc1.[NaH]. The molecule has 0 spiro atoms. The fourth-order valence-electron chi connectivity index (χ4n) is 4.13. The Hall–Kier alpha value is -4.07. The monoisotopic (exact) mass is 684 g/mol. The molecule has 1 aliphatic rings. The molecule has 1 fully saturated rings. The molecule has 3 aromatic rings.